The van der Waals surface area contributed by atoms with Crippen molar-refractivity contribution in [2.24, 2.45) is 0 Å². The Morgan fingerprint density at radius 1 is 1.53 bits per heavy atom. The molecule has 102 valence electrons. The monoisotopic (exact) mass is 268 g/mol. The highest BCUT2D eigenvalue weighted by Crippen LogP contribution is 2.22. The number of amides is 1. The summed E-state index contributed by atoms with van der Waals surface area (Å²) in [5.41, 5.74) is -0.518. The number of hydrogen-bond acceptors (Lipinski definition) is 4. The van der Waals surface area contributed by atoms with Crippen LogP contribution in [0.4, 0.5) is 10.1 Å². The maximum atomic E-state index is 13.3. The Bertz CT molecular complexity index is 520. The van der Waals surface area contributed by atoms with E-state index in [-0.39, 0.29) is 18.2 Å². The number of hydrogen-bond donors (Lipinski definition) is 1. The van der Waals surface area contributed by atoms with Crippen molar-refractivity contribution >= 4 is 11.6 Å². The van der Waals surface area contributed by atoms with Crippen molar-refractivity contribution in [1.82, 2.24) is 4.90 Å². The Morgan fingerprint density at radius 2 is 2.26 bits per heavy atom. The van der Waals surface area contributed by atoms with E-state index in [1.807, 2.05) is 0 Å². The third-order valence-corrected chi connectivity index (χ3v) is 3.19. The highest BCUT2D eigenvalue weighted by Gasteiger charge is 2.29. The summed E-state index contributed by atoms with van der Waals surface area (Å²) >= 11 is 0. The van der Waals surface area contributed by atoms with Crippen LogP contribution in [-0.4, -0.2) is 40.0 Å². The van der Waals surface area contributed by atoms with Crippen molar-refractivity contribution in [2.75, 3.05) is 13.2 Å². The quantitative estimate of drug-likeness (QED) is 0.662. The first-order valence-corrected chi connectivity index (χ1v) is 5.89. The van der Waals surface area contributed by atoms with Crippen LogP contribution in [0.25, 0.3) is 0 Å². The van der Waals surface area contributed by atoms with Gasteiger partial charge in [0.1, 0.15) is 5.82 Å². The molecule has 0 saturated carbocycles. The predicted octanol–water partition coefficient (Wildman–Crippen LogP) is 1.33. The minimum absolute atomic E-state index is 0.0629. The molecule has 0 spiro atoms. The van der Waals surface area contributed by atoms with Crippen LogP contribution >= 0.6 is 0 Å². The number of nitro benzene ring substituents is 1. The van der Waals surface area contributed by atoms with Gasteiger partial charge in [0.2, 0.25) is 0 Å². The molecule has 1 atom stereocenters. The molecule has 2 rings (SSSR count). The van der Waals surface area contributed by atoms with E-state index in [1.54, 1.807) is 0 Å². The molecule has 1 N–H and O–H groups in total. The van der Waals surface area contributed by atoms with E-state index in [9.17, 15) is 19.3 Å². The second kappa shape index (κ2) is 5.31. The summed E-state index contributed by atoms with van der Waals surface area (Å²) < 4.78 is 13.3. The molecule has 6 nitrogen and oxygen atoms in total. The number of nitro groups is 1. The van der Waals surface area contributed by atoms with Gasteiger partial charge < -0.3 is 10.0 Å². The van der Waals surface area contributed by atoms with Crippen molar-refractivity contribution in [3.8, 4) is 0 Å². The van der Waals surface area contributed by atoms with Gasteiger partial charge in [-0.3, -0.25) is 14.9 Å². The SMILES string of the molecule is O=C(c1cc(F)cc([N+](=O)[O-])c1)N1CCC[C@@H]1CO. The van der Waals surface area contributed by atoms with E-state index in [0.717, 1.165) is 24.6 Å². The minimum Gasteiger partial charge on any atom is -0.394 e. The maximum absolute atomic E-state index is 13.3. The van der Waals surface area contributed by atoms with Crippen molar-refractivity contribution in [2.45, 2.75) is 18.9 Å². The van der Waals surface area contributed by atoms with Crippen LogP contribution in [-0.2, 0) is 0 Å². The molecule has 7 heteroatoms. The normalized spacial score (nSPS) is 18.6. The molecule has 1 aromatic rings. The van der Waals surface area contributed by atoms with Gasteiger partial charge in [0.15, 0.2) is 0 Å². The number of aliphatic hydroxyl groups excluding tert-OH is 1. The lowest BCUT2D eigenvalue weighted by Crippen LogP contribution is -2.37. The summed E-state index contributed by atoms with van der Waals surface area (Å²) in [5.74, 6) is -1.31. The molecule has 1 amide bonds. The fourth-order valence-corrected chi connectivity index (χ4v) is 2.26. The van der Waals surface area contributed by atoms with Crippen LogP contribution in [0.3, 0.4) is 0 Å². The van der Waals surface area contributed by atoms with Crippen LogP contribution < -0.4 is 0 Å². The van der Waals surface area contributed by atoms with Crippen LogP contribution in [0.15, 0.2) is 18.2 Å². The second-order valence-electron chi connectivity index (χ2n) is 4.43. The number of aliphatic hydroxyl groups is 1. The summed E-state index contributed by atoms with van der Waals surface area (Å²) in [4.78, 5) is 23.5. The second-order valence-corrected chi connectivity index (χ2v) is 4.43. The number of carbonyl (C=O) groups is 1. The number of likely N-dealkylation sites (tertiary alicyclic amines) is 1. The summed E-state index contributed by atoms with van der Waals surface area (Å²) in [7, 11) is 0. The first-order valence-electron chi connectivity index (χ1n) is 5.89. The molecule has 1 aliphatic rings. The van der Waals surface area contributed by atoms with Gasteiger partial charge in [-0.15, -0.1) is 0 Å². The van der Waals surface area contributed by atoms with Gasteiger partial charge in [-0.1, -0.05) is 0 Å². The predicted molar refractivity (Wildman–Crippen MR) is 64.2 cm³/mol. The Kier molecular flexibility index (Phi) is 3.75. The van der Waals surface area contributed by atoms with E-state index >= 15 is 0 Å². The zero-order chi connectivity index (χ0) is 14.0. The van der Waals surface area contributed by atoms with Gasteiger partial charge in [0, 0.05) is 18.2 Å². The first kappa shape index (κ1) is 13.4. The van der Waals surface area contributed by atoms with Crippen LogP contribution in [0, 0.1) is 15.9 Å². The Balaban J connectivity index is 2.30. The third kappa shape index (κ3) is 2.70. The molecule has 0 bridgehead atoms. The van der Waals surface area contributed by atoms with Crippen molar-refractivity contribution in [3.05, 3.63) is 39.7 Å². The highest BCUT2D eigenvalue weighted by molar-refractivity contribution is 5.95. The molecule has 0 unspecified atom stereocenters. The van der Waals surface area contributed by atoms with E-state index in [0.29, 0.717) is 13.0 Å². The van der Waals surface area contributed by atoms with Crippen LogP contribution in [0.5, 0.6) is 0 Å². The number of nitrogens with zero attached hydrogens (tertiary/aromatic N) is 2. The average molecular weight is 268 g/mol. The lowest BCUT2D eigenvalue weighted by molar-refractivity contribution is -0.385. The minimum atomic E-state index is -0.822. The number of carbonyl (C=O) groups excluding carboxylic acids is 1. The fourth-order valence-electron chi connectivity index (χ4n) is 2.26. The molecule has 1 aliphatic heterocycles. The Morgan fingerprint density at radius 3 is 2.89 bits per heavy atom. The van der Waals surface area contributed by atoms with Crippen LogP contribution in [0.1, 0.15) is 23.2 Å². The largest absolute Gasteiger partial charge is 0.394 e. The van der Waals surface area contributed by atoms with Gasteiger partial charge in [-0.05, 0) is 18.9 Å². The van der Waals surface area contributed by atoms with E-state index in [4.69, 9.17) is 5.11 Å². The maximum Gasteiger partial charge on any atom is 0.273 e. The molecule has 1 fully saturated rings. The summed E-state index contributed by atoms with van der Waals surface area (Å²) in [6, 6.07) is 2.50. The van der Waals surface area contributed by atoms with E-state index < -0.39 is 22.3 Å². The molecule has 19 heavy (non-hydrogen) atoms. The molecule has 1 heterocycles. The Labute approximate surface area is 108 Å². The molecule has 1 aromatic carbocycles. The van der Waals surface area contributed by atoms with Crippen molar-refractivity contribution < 1.29 is 19.2 Å². The highest BCUT2D eigenvalue weighted by atomic mass is 19.1. The topological polar surface area (TPSA) is 83.7 Å². The molecule has 0 radical (unpaired) electrons. The standard InChI is InChI=1S/C12H13FN2O4/c13-9-4-8(5-11(6-9)15(18)19)12(17)14-3-1-2-10(14)7-16/h4-6,10,16H,1-3,7H2/t10-/m1/s1. The molecule has 1 saturated heterocycles. The van der Waals surface area contributed by atoms with Crippen molar-refractivity contribution in [3.63, 3.8) is 0 Å². The zero-order valence-electron chi connectivity index (χ0n) is 10.1. The third-order valence-electron chi connectivity index (χ3n) is 3.19. The number of rotatable bonds is 3. The lowest BCUT2D eigenvalue weighted by Gasteiger charge is -2.22. The van der Waals surface area contributed by atoms with Crippen LogP contribution in [0.2, 0.25) is 0 Å². The Hall–Kier alpha value is -2.02. The molecule has 0 aliphatic carbocycles. The molecular formula is C12H13FN2O4. The number of halogens is 1. The van der Waals surface area contributed by atoms with Crippen molar-refractivity contribution in [1.29, 1.82) is 0 Å². The number of non-ortho nitro benzene ring substituents is 1. The summed E-state index contributed by atoms with van der Waals surface area (Å²) in [5, 5.41) is 19.8. The van der Waals surface area contributed by atoms with Gasteiger partial charge in [-0.25, -0.2) is 4.39 Å². The summed E-state index contributed by atoms with van der Waals surface area (Å²) in [6.45, 7) is 0.303. The van der Waals surface area contributed by atoms with E-state index in [1.165, 1.54) is 4.90 Å². The zero-order valence-corrected chi connectivity index (χ0v) is 10.1. The lowest BCUT2D eigenvalue weighted by atomic mass is 10.1. The fraction of sp³-hybridized carbons (Fsp3) is 0.417. The smallest absolute Gasteiger partial charge is 0.273 e. The van der Waals surface area contributed by atoms with E-state index in [2.05, 4.69) is 0 Å². The average Bonchev–Trinajstić information content (AvgIpc) is 2.85. The molecular weight excluding hydrogens is 255 g/mol. The summed E-state index contributed by atoms with van der Waals surface area (Å²) in [6.07, 6.45) is 1.44. The van der Waals surface area contributed by atoms with Gasteiger partial charge in [0.05, 0.1) is 23.6 Å². The van der Waals surface area contributed by atoms with Gasteiger partial charge >= 0.3 is 0 Å². The first-order chi connectivity index (χ1) is 9.02. The van der Waals surface area contributed by atoms with Gasteiger partial charge in [0.25, 0.3) is 11.6 Å². The number of benzene rings is 1. The van der Waals surface area contributed by atoms with Gasteiger partial charge in [-0.2, -0.15) is 0 Å². The molecule has 0 aromatic heterocycles.